The average molecular weight is 792 g/mol. The van der Waals surface area contributed by atoms with E-state index in [0.29, 0.717) is 15.4 Å². The highest BCUT2D eigenvalue weighted by atomic mass is 127. The van der Waals surface area contributed by atoms with Crippen LogP contribution in [0.15, 0.2) is 78.4 Å². The Morgan fingerprint density at radius 2 is 1.86 bits per heavy atom. The highest BCUT2D eigenvalue weighted by molar-refractivity contribution is 14.1. The van der Waals surface area contributed by atoms with E-state index in [1.165, 1.54) is 24.2 Å². The Kier molecular flexibility index (Phi) is 11.3. The molecule has 0 saturated carbocycles. The van der Waals surface area contributed by atoms with E-state index in [0.717, 1.165) is 40.9 Å². The summed E-state index contributed by atoms with van der Waals surface area (Å²) in [6.07, 6.45) is -5.03. The highest BCUT2D eigenvalue weighted by Gasteiger charge is 2.41. The van der Waals surface area contributed by atoms with Crippen LogP contribution in [-0.2, 0) is 17.4 Å². The number of aliphatic hydroxyl groups is 2. The molecule has 258 valence electrons. The number of para-hydroxylation sites is 1. The first-order valence-corrected chi connectivity index (χ1v) is 16.3. The van der Waals surface area contributed by atoms with Gasteiger partial charge in [0.05, 0.1) is 28.9 Å². The third kappa shape index (κ3) is 8.25. The number of aromatic nitrogens is 1. The second-order valence-electron chi connectivity index (χ2n) is 11.4. The van der Waals surface area contributed by atoms with Crippen molar-refractivity contribution in [1.82, 2.24) is 15.2 Å². The van der Waals surface area contributed by atoms with Gasteiger partial charge in [-0.3, -0.25) is 14.4 Å². The maximum atomic E-state index is 14.2. The summed E-state index contributed by atoms with van der Waals surface area (Å²) in [6, 6.07) is 15.2. The topological polar surface area (TPSA) is 141 Å². The molecule has 0 unspecified atom stereocenters. The number of halogens is 4. The number of hydrogen-bond donors (Lipinski definition) is 4. The van der Waals surface area contributed by atoms with E-state index < -0.39 is 41.8 Å². The van der Waals surface area contributed by atoms with Crippen LogP contribution in [0, 0.1) is 3.57 Å². The van der Waals surface area contributed by atoms with E-state index >= 15 is 0 Å². The molecule has 0 radical (unpaired) electrons. The molecule has 10 nitrogen and oxygen atoms in total. The number of fused-ring (bicyclic) bond motifs is 1. The molecule has 49 heavy (non-hydrogen) atoms. The van der Waals surface area contributed by atoms with E-state index in [1.54, 1.807) is 6.07 Å². The molecule has 1 aliphatic carbocycles. The summed E-state index contributed by atoms with van der Waals surface area (Å²) in [5.41, 5.74) is 1.16. The number of nitrogens with zero attached hydrogens (tertiary/aromatic N) is 1. The van der Waals surface area contributed by atoms with Gasteiger partial charge in [0.15, 0.2) is 11.5 Å². The highest BCUT2D eigenvalue weighted by Crippen LogP contribution is 2.37. The van der Waals surface area contributed by atoms with Gasteiger partial charge in [-0.1, -0.05) is 18.2 Å². The van der Waals surface area contributed by atoms with Gasteiger partial charge < -0.3 is 34.9 Å². The largest absolute Gasteiger partial charge is 0.493 e. The lowest BCUT2D eigenvalue weighted by Crippen LogP contribution is -2.55. The van der Waals surface area contributed by atoms with Crippen LogP contribution in [-0.4, -0.2) is 83.3 Å². The molecule has 3 aromatic carbocycles. The van der Waals surface area contributed by atoms with Gasteiger partial charge in [0.1, 0.15) is 18.5 Å². The number of aromatic amines is 1. The summed E-state index contributed by atoms with van der Waals surface area (Å²) >= 11 is 1.95. The van der Waals surface area contributed by atoms with Crippen LogP contribution < -0.4 is 14.8 Å². The standard InChI is InChI=1S/C35H33F3IN3O7/c1-48-30-15-20(19-44)14-26(39)32(30)49-29-18-23(33(46)40-11-13-43)17-28(31(29)45)42(12-10-25-16-22-4-2-3-5-27(22)41-25)34(47)21-6-8-24(9-7-21)35(36,37)38/h2-9,14-16,18-19,28-29,31,41,43,45H,10-13,17H2,1H3,(H,40,46)/t28-,29+,31+/m1/s1. The van der Waals surface area contributed by atoms with Crippen molar-refractivity contribution < 1.29 is 47.2 Å². The van der Waals surface area contributed by atoms with Crippen LogP contribution in [0.4, 0.5) is 13.2 Å². The fourth-order valence-corrected chi connectivity index (χ4v) is 6.48. The van der Waals surface area contributed by atoms with Crippen LogP contribution in [0.3, 0.4) is 0 Å². The zero-order valence-electron chi connectivity index (χ0n) is 26.2. The Morgan fingerprint density at radius 3 is 2.51 bits per heavy atom. The fraction of sp³-hybridized carbons (Fsp3) is 0.286. The second-order valence-corrected chi connectivity index (χ2v) is 12.5. The molecular formula is C35H33F3IN3O7. The van der Waals surface area contributed by atoms with E-state index in [1.807, 2.05) is 52.9 Å². The van der Waals surface area contributed by atoms with Gasteiger partial charge in [0.25, 0.3) is 5.91 Å². The molecule has 4 aromatic rings. The van der Waals surface area contributed by atoms with Crippen molar-refractivity contribution >= 4 is 51.6 Å². The van der Waals surface area contributed by atoms with Gasteiger partial charge in [-0.25, -0.2) is 0 Å². The number of amides is 2. The van der Waals surface area contributed by atoms with E-state index in [9.17, 15) is 37.8 Å². The fourth-order valence-electron chi connectivity index (χ4n) is 5.73. The molecule has 2 amide bonds. The first-order valence-electron chi connectivity index (χ1n) is 15.3. The number of hydrogen-bond acceptors (Lipinski definition) is 7. The van der Waals surface area contributed by atoms with E-state index in [-0.39, 0.29) is 55.2 Å². The summed E-state index contributed by atoms with van der Waals surface area (Å²) in [5.74, 6) is -0.842. The Labute approximate surface area is 293 Å². The Balaban J connectivity index is 1.54. The summed E-state index contributed by atoms with van der Waals surface area (Å²) in [7, 11) is 1.38. The number of nitrogens with one attached hydrogen (secondary N) is 2. The van der Waals surface area contributed by atoms with Crippen LogP contribution in [0.2, 0.25) is 0 Å². The third-order valence-corrected chi connectivity index (χ3v) is 8.99. The minimum Gasteiger partial charge on any atom is -0.493 e. The van der Waals surface area contributed by atoms with Crippen LogP contribution in [0.1, 0.15) is 38.4 Å². The predicted octanol–water partition coefficient (Wildman–Crippen LogP) is 4.91. The number of carbonyl (C=O) groups excluding carboxylic acids is 3. The van der Waals surface area contributed by atoms with Crippen LogP contribution in [0.5, 0.6) is 11.5 Å². The first-order chi connectivity index (χ1) is 23.4. The molecule has 0 bridgehead atoms. The number of rotatable bonds is 12. The number of aldehydes is 1. The van der Waals surface area contributed by atoms with Crippen molar-refractivity contribution in [2.45, 2.75) is 37.3 Å². The summed E-state index contributed by atoms with van der Waals surface area (Å²) in [6.45, 7) is -0.365. The summed E-state index contributed by atoms with van der Waals surface area (Å²) in [5, 5.41) is 24.7. The van der Waals surface area contributed by atoms with Crippen LogP contribution in [0.25, 0.3) is 10.9 Å². The molecule has 3 atom stereocenters. The number of aliphatic hydroxyl groups excluding tert-OH is 2. The minimum absolute atomic E-state index is 0.0154. The van der Waals surface area contributed by atoms with Gasteiger partial charge in [0, 0.05) is 53.8 Å². The van der Waals surface area contributed by atoms with Gasteiger partial charge >= 0.3 is 6.18 Å². The average Bonchev–Trinajstić information content (AvgIpc) is 3.51. The minimum atomic E-state index is -4.61. The zero-order valence-corrected chi connectivity index (χ0v) is 28.3. The Morgan fingerprint density at radius 1 is 1.12 bits per heavy atom. The molecule has 5 rings (SSSR count). The van der Waals surface area contributed by atoms with E-state index in [4.69, 9.17) is 9.47 Å². The number of alkyl halides is 3. The summed E-state index contributed by atoms with van der Waals surface area (Å²) < 4.78 is 52.2. The van der Waals surface area contributed by atoms with Crippen molar-refractivity contribution in [2.75, 3.05) is 26.8 Å². The van der Waals surface area contributed by atoms with Crippen molar-refractivity contribution in [1.29, 1.82) is 0 Å². The monoisotopic (exact) mass is 791 g/mol. The van der Waals surface area contributed by atoms with Crippen molar-refractivity contribution in [3.8, 4) is 11.5 Å². The molecule has 14 heteroatoms. The molecule has 0 saturated heterocycles. The van der Waals surface area contributed by atoms with Gasteiger partial charge in [-0.05, 0) is 82.6 Å². The SMILES string of the molecule is COc1cc(C=O)cc(I)c1O[C@H]1C=C(C(=O)NCCO)C[C@@H](N(CCc2cc3ccccc3[nH]2)C(=O)c2ccc(C(F)(F)F)cc2)[C@@H]1O. The van der Waals surface area contributed by atoms with Crippen molar-refractivity contribution in [3.63, 3.8) is 0 Å². The molecule has 0 spiro atoms. The maximum Gasteiger partial charge on any atom is 0.416 e. The lowest BCUT2D eigenvalue weighted by Gasteiger charge is -2.40. The Bertz CT molecular complexity index is 1830. The molecule has 0 fully saturated rings. The van der Waals surface area contributed by atoms with E-state index in [2.05, 4.69) is 10.3 Å². The molecule has 0 aliphatic heterocycles. The Hall–Kier alpha value is -4.41. The first kappa shape index (κ1) is 35.9. The summed E-state index contributed by atoms with van der Waals surface area (Å²) in [4.78, 5) is 43.5. The molecule has 1 aliphatic rings. The zero-order chi connectivity index (χ0) is 35.3. The molecule has 1 aromatic heterocycles. The van der Waals surface area contributed by atoms with Crippen LogP contribution >= 0.6 is 22.6 Å². The normalized spacial score (nSPS) is 17.7. The van der Waals surface area contributed by atoms with Gasteiger partial charge in [-0.15, -0.1) is 0 Å². The molecule has 1 heterocycles. The predicted molar refractivity (Wildman–Crippen MR) is 183 cm³/mol. The van der Waals surface area contributed by atoms with Crippen molar-refractivity contribution in [3.05, 3.63) is 104 Å². The maximum absolute atomic E-state index is 14.2. The van der Waals surface area contributed by atoms with Gasteiger partial charge in [-0.2, -0.15) is 13.2 Å². The molecular weight excluding hydrogens is 758 g/mol. The number of benzene rings is 3. The number of ether oxygens (including phenoxy) is 2. The smallest absolute Gasteiger partial charge is 0.416 e. The third-order valence-electron chi connectivity index (χ3n) is 8.18. The quantitative estimate of drug-likeness (QED) is 0.118. The molecule has 4 N–H and O–H groups in total. The number of methoxy groups -OCH3 is 1. The van der Waals surface area contributed by atoms with Crippen molar-refractivity contribution in [2.24, 2.45) is 0 Å². The number of carbonyl (C=O) groups is 3. The number of H-pyrrole nitrogens is 1. The lowest BCUT2D eigenvalue weighted by atomic mass is 9.87. The second kappa shape index (κ2) is 15.4. The van der Waals surface area contributed by atoms with Gasteiger partial charge in [0.2, 0.25) is 5.91 Å². The lowest BCUT2D eigenvalue weighted by molar-refractivity contribution is -0.137.